The van der Waals surface area contributed by atoms with Crippen LogP contribution in [-0.4, -0.2) is 25.6 Å². The lowest BCUT2D eigenvalue weighted by Gasteiger charge is -2.17. The standard InChI is InChI=1S/C21H42N/c1-5-6-7-8-9-10-11-12-13-14-15-16-17-18-19-20-21-22(2,3)4/h16-17,20-21H,5-15,18-19H2,1-4H3/q+1. The summed E-state index contributed by atoms with van der Waals surface area (Å²) in [5, 5.41) is 0. The van der Waals surface area contributed by atoms with E-state index in [1.807, 2.05) is 0 Å². The van der Waals surface area contributed by atoms with Crippen molar-refractivity contribution in [1.29, 1.82) is 0 Å². The van der Waals surface area contributed by atoms with Crippen LogP contribution in [0.2, 0.25) is 0 Å². The summed E-state index contributed by atoms with van der Waals surface area (Å²) in [6.45, 7) is 2.29. The molecule has 0 radical (unpaired) electrons. The van der Waals surface area contributed by atoms with Crippen molar-refractivity contribution in [1.82, 2.24) is 0 Å². The molecule has 22 heavy (non-hydrogen) atoms. The number of hydrogen-bond donors (Lipinski definition) is 0. The van der Waals surface area contributed by atoms with Crippen LogP contribution in [0, 0.1) is 0 Å². The number of allylic oxidation sites excluding steroid dienone is 3. The maximum Gasteiger partial charge on any atom is 0.0911 e. The second-order valence-corrected chi connectivity index (χ2v) is 7.52. The molecule has 0 unspecified atom stereocenters. The van der Waals surface area contributed by atoms with Gasteiger partial charge in [0.15, 0.2) is 0 Å². The van der Waals surface area contributed by atoms with E-state index in [4.69, 9.17) is 0 Å². The molecule has 0 aromatic carbocycles. The third kappa shape index (κ3) is 19.4. The molecule has 0 aromatic rings. The smallest absolute Gasteiger partial charge is 0.0911 e. The maximum absolute atomic E-state index is 2.38. The molecule has 0 N–H and O–H groups in total. The van der Waals surface area contributed by atoms with Crippen molar-refractivity contribution in [3.63, 3.8) is 0 Å². The van der Waals surface area contributed by atoms with Gasteiger partial charge in [-0.1, -0.05) is 76.9 Å². The second-order valence-electron chi connectivity index (χ2n) is 7.52. The van der Waals surface area contributed by atoms with Gasteiger partial charge < -0.3 is 4.48 Å². The minimum atomic E-state index is 0.919. The maximum atomic E-state index is 2.38. The molecule has 0 fully saturated rings. The van der Waals surface area contributed by atoms with E-state index in [0.29, 0.717) is 0 Å². The second kappa shape index (κ2) is 15.3. The molecule has 0 atom stereocenters. The molecule has 0 aliphatic rings. The average molecular weight is 309 g/mol. The molecule has 0 saturated heterocycles. The molecular formula is C21H42N+. The fourth-order valence-electron chi connectivity index (χ4n) is 2.57. The Bertz CT molecular complexity index is 270. The van der Waals surface area contributed by atoms with Crippen LogP contribution in [0.25, 0.3) is 0 Å². The highest BCUT2D eigenvalue weighted by Crippen LogP contribution is 2.11. The van der Waals surface area contributed by atoms with Crippen LogP contribution in [0.1, 0.15) is 90.4 Å². The first-order chi connectivity index (χ1) is 10.6. The predicted octanol–water partition coefficient (Wildman–Crippen LogP) is 6.85. The summed E-state index contributed by atoms with van der Waals surface area (Å²) < 4.78 is 0.919. The van der Waals surface area contributed by atoms with E-state index in [-0.39, 0.29) is 0 Å². The number of hydrogen-bond acceptors (Lipinski definition) is 0. The van der Waals surface area contributed by atoms with E-state index < -0.39 is 0 Å². The van der Waals surface area contributed by atoms with Crippen molar-refractivity contribution in [3.05, 3.63) is 24.4 Å². The van der Waals surface area contributed by atoms with Crippen LogP contribution in [0.4, 0.5) is 0 Å². The van der Waals surface area contributed by atoms with Crippen molar-refractivity contribution in [2.75, 3.05) is 21.1 Å². The Balaban J connectivity index is 3.19. The summed E-state index contributed by atoms with van der Waals surface area (Å²) >= 11 is 0. The molecule has 0 saturated carbocycles. The monoisotopic (exact) mass is 308 g/mol. The van der Waals surface area contributed by atoms with Crippen LogP contribution >= 0.6 is 0 Å². The molecular weight excluding hydrogens is 266 g/mol. The highest BCUT2D eigenvalue weighted by atomic mass is 15.3. The molecule has 0 spiro atoms. The zero-order chi connectivity index (χ0) is 16.5. The molecule has 0 heterocycles. The molecule has 0 aromatic heterocycles. The highest BCUT2D eigenvalue weighted by molar-refractivity contribution is 4.85. The largest absolute Gasteiger partial charge is 0.305 e. The van der Waals surface area contributed by atoms with Gasteiger partial charge in [0.25, 0.3) is 0 Å². The summed E-state index contributed by atoms with van der Waals surface area (Å²) in [7, 11) is 6.58. The van der Waals surface area contributed by atoms with Crippen molar-refractivity contribution < 1.29 is 4.48 Å². The Hall–Kier alpha value is -0.560. The molecule has 0 rings (SSSR count). The van der Waals surface area contributed by atoms with Gasteiger partial charge in [-0.3, -0.25) is 0 Å². The fraction of sp³-hybridized carbons (Fsp3) is 0.810. The van der Waals surface area contributed by atoms with Gasteiger partial charge in [0.05, 0.1) is 27.3 Å². The molecule has 130 valence electrons. The van der Waals surface area contributed by atoms with Gasteiger partial charge in [0, 0.05) is 0 Å². The lowest BCUT2D eigenvalue weighted by Crippen LogP contribution is -2.26. The average Bonchev–Trinajstić information content (AvgIpc) is 2.45. The van der Waals surface area contributed by atoms with Crippen molar-refractivity contribution in [2.24, 2.45) is 0 Å². The molecule has 1 heteroatoms. The molecule has 0 aliphatic heterocycles. The Kier molecular flexibility index (Phi) is 14.9. The third-order valence-corrected chi connectivity index (χ3v) is 3.94. The first kappa shape index (κ1) is 21.4. The van der Waals surface area contributed by atoms with Crippen LogP contribution in [0.5, 0.6) is 0 Å². The summed E-state index contributed by atoms with van der Waals surface area (Å²) in [5.74, 6) is 0. The van der Waals surface area contributed by atoms with Crippen molar-refractivity contribution in [2.45, 2.75) is 90.4 Å². The minimum Gasteiger partial charge on any atom is -0.305 e. The van der Waals surface area contributed by atoms with Gasteiger partial charge >= 0.3 is 0 Å². The topological polar surface area (TPSA) is 0 Å². The molecule has 0 bridgehead atoms. The van der Waals surface area contributed by atoms with Crippen molar-refractivity contribution in [3.8, 4) is 0 Å². The fourth-order valence-corrected chi connectivity index (χ4v) is 2.57. The lowest BCUT2D eigenvalue weighted by atomic mass is 10.1. The van der Waals surface area contributed by atoms with E-state index >= 15 is 0 Å². The Morgan fingerprint density at radius 1 is 0.545 bits per heavy atom. The van der Waals surface area contributed by atoms with Gasteiger partial charge in [-0.15, -0.1) is 0 Å². The zero-order valence-corrected chi connectivity index (χ0v) is 15.9. The zero-order valence-electron chi connectivity index (χ0n) is 15.9. The lowest BCUT2D eigenvalue weighted by molar-refractivity contribution is -0.817. The van der Waals surface area contributed by atoms with Crippen LogP contribution in [-0.2, 0) is 0 Å². The quantitative estimate of drug-likeness (QED) is 0.176. The van der Waals surface area contributed by atoms with E-state index in [0.717, 1.165) is 4.48 Å². The normalized spacial score (nSPS) is 12.7. The van der Waals surface area contributed by atoms with Crippen molar-refractivity contribution >= 4 is 0 Å². The van der Waals surface area contributed by atoms with E-state index in [2.05, 4.69) is 52.5 Å². The summed E-state index contributed by atoms with van der Waals surface area (Å²) in [6.07, 6.45) is 27.2. The minimum absolute atomic E-state index is 0.919. The SMILES string of the molecule is CCCCCCCCCCCCC=CCCC=C[N+](C)(C)C. The Morgan fingerprint density at radius 2 is 1.00 bits per heavy atom. The summed E-state index contributed by atoms with van der Waals surface area (Å²) in [4.78, 5) is 0. The van der Waals surface area contributed by atoms with Crippen LogP contribution in [0.3, 0.4) is 0 Å². The first-order valence-electron chi connectivity index (χ1n) is 9.70. The number of quaternary nitrogens is 1. The highest BCUT2D eigenvalue weighted by Gasteiger charge is 1.97. The Labute approximate surface area is 141 Å². The molecule has 0 aliphatic carbocycles. The van der Waals surface area contributed by atoms with E-state index in [1.54, 1.807) is 0 Å². The first-order valence-corrected chi connectivity index (χ1v) is 9.70. The van der Waals surface area contributed by atoms with Gasteiger partial charge in [-0.2, -0.15) is 0 Å². The van der Waals surface area contributed by atoms with Gasteiger partial charge in [0.1, 0.15) is 0 Å². The molecule has 1 nitrogen and oxygen atoms in total. The summed E-state index contributed by atoms with van der Waals surface area (Å²) in [5.41, 5.74) is 0. The van der Waals surface area contributed by atoms with Crippen LogP contribution in [0.15, 0.2) is 24.4 Å². The van der Waals surface area contributed by atoms with E-state index in [1.165, 1.54) is 83.5 Å². The summed E-state index contributed by atoms with van der Waals surface area (Å²) in [6, 6.07) is 0. The molecule has 0 amide bonds. The number of nitrogens with zero attached hydrogens (tertiary/aromatic N) is 1. The van der Waals surface area contributed by atoms with E-state index in [9.17, 15) is 0 Å². The van der Waals surface area contributed by atoms with Gasteiger partial charge in [0.2, 0.25) is 0 Å². The number of unbranched alkanes of at least 4 members (excludes halogenated alkanes) is 11. The predicted molar refractivity (Wildman–Crippen MR) is 102 cm³/mol. The van der Waals surface area contributed by atoms with Gasteiger partial charge in [-0.25, -0.2) is 0 Å². The Morgan fingerprint density at radius 3 is 1.55 bits per heavy atom. The third-order valence-electron chi connectivity index (χ3n) is 3.94. The number of rotatable bonds is 15. The van der Waals surface area contributed by atoms with Crippen LogP contribution < -0.4 is 0 Å². The van der Waals surface area contributed by atoms with Gasteiger partial charge in [-0.05, 0) is 31.8 Å².